The number of rotatable bonds is 5. The zero-order valence-corrected chi connectivity index (χ0v) is 19.3. The summed E-state index contributed by atoms with van der Waals surface area (Å²) >= 11 is 0. The van der Waals surface area contributed by atoms with Gasteiger partial charge in [0.05, 0.1) is 23.6 Å². The number of carbonyl (C=O) groups excluding carboxylic acids is 1. The molecule has 8 heteroatoms. The molecule has 1 aromatic carbocycles. The molecule has 2 aliphatic rings. The molecule has 1 aliphatic heterocycles. The zero-order chi connectivity index (χ0) is 23.2. The van der Waals surface area contributed by atoms with Crippen molar-refractivity contribution in [2.75, 3.05) is 5.32 Å². The number of nitrogens with zero attached hydrogens (tertiary/aromatic N) is 3. The van der Waals surface area contributed by atoms with E-state index in [2.05, 4.69) is 15.4 Å². The first kappa shape index (κ1) is 21.7. The third kappa shape index (κ3) is 4.04. The van der Waals surface area contributed by atoms with Gasteiger partial charge in [0.1, 0.15) is 22.7 Å². The van der Waals surface area contributed by atoms with Crippen LogP contribution >= 0.6 is 0 Å². The van der Waals surface area contributed by atoms with Crippen LogP contribution in [0.2, 0.25) is 0 Å². The molecule has 1 saturated carbocycles. The Morgan fingerprint density at radius 3 is 2.85 bits per heavy atom. The van der Waals surface area contributed by atoms with Crippen molar-refractivity contribution in [1.82, 2.24) is 14.6 Å². The van der Waals surface area contributed by atoms with Crippen molar-refractivity contribution in [2.24, 2.45) is 0 Å². The normalized spacial score (nSPS) is 21.0. The molecule has 1 atom stereocenters. The largest absolute Gasteiger partial charge is 0.488 e. The molecule has 2 N–H and O–H groups in total. The number of hydrogen-bond acceptors (Lipinski definition) is 6. The van der Waals surface area contributed by atoms with Crippen LogP contribution in [0, 0.1) is 0 Å². The topological polar surface area (TPSA) is 98.0 Å². The van der Waals surface area contributed by atoms with Crippen molar-refractivity contribution < 1.29 is 19.4 Å². The van der Waals surface area contributed by atoms with E-state index in [0.29, 0.717) is 34.8 Å². The molecule has 0 saturated heterocycles. The molecule has 0 bridgehead atoms. The van der Waals surface area contributed by atoms with Crippen LogP contribution in [0.25, 0.3) is 5.65 Å². The Balaban J connectivity index is 1.48. The third-order valence-electron chi connectivity index (χ3n) is 6.94. The first-order valence-electron chi connectivity index (χ1n) is 11.6. The predicted octanol–water partition coefficient (Wildman–Crippen LogP) is 4.16. The second-order valence-electron chi connectivity index (χ2n) is 9.80. The molecule has 3 aromatic rings. The average Bonchev–Trinajstić information content (AvgIpc) is 3.35. The van der Waals surface area contributed by atoms with Crippen LogP contribution in [0.3, 0.4) is 0 Å². The van der Waals surface area contributed by atoms with Crippen LogP contribution < -0.4 is 14.8 Å². The lowest BCUT2D eigenvalue weighted by atomic mass is 9.84. The Bertz CT molecular complexity index is 1190. The molecule has 1 fully saturated rings. The van der Waals surface area contributed by atoms with Gasteiger partial charge in [-0.25, -0.2) is 9.50 Å². The highest BCUT2D eigenvalue weighted by Crippen LogP contribution is 2.45. The summed E-state index contributed by atoms with van der Waals surface area (Å²) in [5.41, 5.74) is 0.572. The molecule has 8 nitrogen and oxygen atoms in total. The molecular formula is C25H30N4O4. The molecule has 1 aliphatic carbocycles. The minimum absolute atomic E-state index is 0.105. The van der Waals surface area contributed by atoms with Gasteiger partial charge < -0.3 is 19.9 Å². The van der Waals surface area contributed by atoms with Crippen LogP contribution in [0.4, 0.5) is 5.69 Å². The van der Waals surface area contributed by atoms with Crippen LogP contribution in [0.15, 0.2) is 36.8 Å². The highest BCUT2D eigenvalue weighted by Gasteiger charge is 2.47. The van der Waals surface area contributed by atoms with Crippen LogP contribution in [0.5, 0.6) is 11.5 Å². The minimum atomic E-state index is -1.04. The molecule has 1 amide bonds. The van der Waals surface area contributed by atoms with Crippen molar-refractivity contribution in [2.45, 2.75) is 76.6 Å². The highest BCUT2D eigenvalue weighted by atomic mass is 16.5. The SMILES string of the molecule is CC(C)(O)[C@@]1(C)Cc2cc(NC(=O)c3cnn4cccnc34)c(OC3CCCCC3)cc2O1. The quantitative estimate of drug-likeness (QED) is 0.606. The number of hydrogen-bond donors (Lipinski definition) is 2. The third-order valence-corrected chi connectivity index (χ3v) is 6.94. The van der Waals surface area contributed by atoms with Crippen molar-refractivity contribution in [1.29, 1.82) is 0 Å². The van der Waals surface area contributed by atoms with Gasteiger partial charge in [0.2, 0.25) is 0 Å². The van der Waals surface area contributed by atoms with Gasteiger partial charge >= 0.3 is 0 Å². The van der Waals surface area contributed by atoms with E-state index in [9.17, 15) is 9.90 Å². The summed E-state index contributed by atoms with van der Waals surface area (Å²) in [6.45, 7) is 5.40. The molecule has 5 rings (SSSR count). The lowest BCUT2D eigenvalue weighted by molar-refractivity contribution is -0.0900. The molecule has 3 heterocycles. The van der Waals surface area contributed by atoms with E-state index in [-0.39, 0.29) is 12.0 Å². The number of benzene rings is 1. The van der Waals surface area contributed by atoms with Crippen LogP contribution in [-0.4, -0.2) is 42.9 Å². The van der Waals surface area contributed by atoms with E-state index in [4.69, 9.17) is 9.47 Å². The van der Waals surface area contributed by atoms with E-state index < -0.39 is 11.2 Å². The van der Waals surface area contributed by atoms with Gasteiger partial charge in [0.15, 0.2) is 5.65 Å². The Kier molecular flexibility index (Phi) is 5.28. The fourth-order valence-corrected chi connectivity index (χ4v) is 4.56. The summed E-state index contributed by atoms with van der Waals surface area (Å²) in [7, 11) is 0. The second-order valence-corrected chi connectivity index (χ2v) is 9.80. The first-order valence-corrected chi connectivity index (χ1v) is 11.6. The van der Waals surface area contributed by atoms with Crippen molar-refractivity contribution in [3.8, 4) is 11.5 Å². The van der Waals surface area contributed by atoms with E-state index in [1.807, 2.05) is 19.1 Å². The van der Waals surface area contributed by atoms with Gasteiger partial charge in [0, 0.05) is 30.4 Å². The smallest absolute Gasteiger partial charge is 0.261 e. The molecule has 174 valence electrons. The minimum Gasteiger partial charge on any atom is -0.488 e. The number of anilines is 1. The van der Waals surface area contributed by atoms with Crippen molar-refractivity contribution in [3.63, 3.8) is 0 Å². The summed E-state index contributed by atoms with van der Waals surface area (Å²) < 4.78 is 14.2. The summed E-state index contributed by atoms with van der Waals surface area (Å²) in [6.07, 6.45) is 11.0. The fraction of sp³-hybridized carbons (Fsp3) is 0.480. The number of amides is 1. The average molecular weight is 451 g/mol. The van der Waals surface area contributed by atoms with Gasteiger partial charge in [-0.1, -0.05) is 6.42 Å². The molecule has 0 radical (unpaired) electrons. The highest BCUT2D eigenvalue weighted by molar-refractivity contribution is 6.08. The number of carbonyl (C=O) groups is 1. The fourth-order valence-electron chi connectivity index (χ4n) is 4.56. The van der Waals surface area contributed by atoms with E-state index in [1.165, 1.54) is 12.6 Å². The number of nitrogens with one attached hydrogen (secondary N) is 1. The summed E-state index contributed by atoms with van der Waals surface area (Å²) in [4.78, 5) is 17.5. The molecule has 33 heavy (non-hydrogen) atoms. The Morgan fingerprint density at radius 2 is 2.09 bits per heavy atom. The molecule has 0 spiro atoms. The number of ether oxygens (including phenoxy) is 2. The first-order chi connectivity index (χ1) is 15.7. The van der Waals surface area contributed by atoms with E-state index in [1.54, 1.807) is 36.8 Å². The summed E-state index contributed by atoms with van der Waals surface area (Å²) in [5.74, 6) is 0.959. The molecular weight excluding hydrogens is 420 g/mol. The monoisotopic (exact) mass is 450 g/mol. The Morgan fingerprint density at radius 1 is 1.30 bits per heavy atom. The predicted molar refractivity (Wildman–Crippen MR) is 124 cm³/mol. The maximum atomic E-state index is 13.2. The van der Waals surface area contributed by atoms with Crippen LogP contribution in [0.1, 0.15) is 68.8 Å². The van der Waals surface area contributed by atoms with Gasteiger partial charge in [-0.3, -0.25) is 4.79 Å². The van der Waals surface area contributed by atoms with Crippen molar-refractivity contribution >= 4 is 17.2 Å². The molecule has 2 aromatic heterocycles. The van der Waals surface area contributed by atoms with Gasteiger partial charge in [-0.05, 0) is 58.6 Å². The van der Waals surface area contributed by atoms with E-state index in [0.717, 1.165) is 31.2 Å². The summed E-state index contributed by atoms with van der Waals surface area (Å²) in [6, 6.07) is 5.52. The summed E-state index contributed by atoms with van der Waals surface area (Å²) in [5, 5.41) is 17.9. The second kappa shape index (κ2) is 8.02. The Labute approximate surface area is 192 Å². The van der Waals surface area contributed by atoms with E-state index >= 15 is 0 Å². The zero-order valence-electron chi connectivity index (χ0n) is 19.3. The number of fused-ring (bicyclic) bond motifs is 2. The van der Waals surface area contributed by atoms with Gasteiger partial charge in [0.25, 0.3) is 5.91 Å². The van der Waals surface area contributed by atoms with Crippen molar-refractivity contribution in [3.05, 3.63) is 47.9 Å². The lowest BCUT2D eigenvalue weighted by Crippen LogP contribution is -2.51. The number of aliphatic hydroxyl groups is 1. The van der Waals surface area contributed by atoms with Crippen LogP contribution in [-0.2, 0) is 6.42 Å². The number of aromatic nitrogens is 3. The maximum absolute atomic E-state index is 13.2. The standard InChI is InChI=1S/C25H30N4O4/c1-24(2,31)25(3)14-16-12-19(21(13-20(16)33-25)32-17-8-5-4-6-9-17)28-23(30)18-15-27-29-11-7-10-26-22(18)29/h7,10-13,15,17,31H,4-6,8-9,14H2,1-3H3,(H,28,30)/t25-/m1/s1. The maximum Gasteiger partial charge on any atom is 0.261 e. The lowest BCUT2D eigenvalue weighted by Gasteiger charge is -2.36. The van der Waals surface area contributed by atoms with Gasteiger partial charge in [-0.15, -0.1) is 0 Å². The Hall–Kier alpha value is -3.13. The van der Waals surface area contributed by atoms with Gasteiger partial charge in [-0.2, -0.15) is 5.10 Å². The molecule has 0 unspecified atom stereocenters.